The molecule has 1 amide bonds. The average Bonchev–Trinajstić information content (AvgIpc) is 3.38. The van der Waals surface area contributed by atoms with Crippen LogP contribution in [0.4, 0.5) is 0 Å². The van der Waals surface area contributed by atoms with Gasteiger partial charge in [-0.2, -0.15) is 0 Å². The molecule has 0 spiro atoms. The summed E-state index contributed by atoms with van der Waals surface area (Å²) in [6.45, 7) is 4.04. The lowest BCUT2D eigenvalue weighted by atomic mass is 10.0. The van der Waals surface area contributed by atoms with Crippen molar-refractivity contribution in [3.8, 4) is 0 Å². The van der Waals surface area contributed by atoms with Crippen LogP contribution in [-0.4, -0.2) is 60.6 Å². The molecular weight excluding hydrogens is 304 g/mol. The number of morpholine rings is 1. The molecule has 1 aromatic heterocycles. The third-order valence-corrected chi connectivity index (χ3v) is 5.64. The van der Waals surface area contributed by atoms with Gasteiger partial charge in [0.25, 0.3) is 5.91 Å². The third-order valence-electron chi connectivity index (χ3n) is 5.64. The number of fused-ring (bicyclic) bond motifs is 2. The minimum atomic E-state index is -0.000560. The SMILES string of the molecule is O=C(c1cc2ccccc2o1)N1CCN2[C@@H](COC[C@@H]2C2CC2)C1. The molecule has 3 heterocycles. The fraction of sp³-hybridized carbons (Fsp3) is 0.526. The monoisotopic (exact) mass is 326 g/mol. The Bertz CT molecular complexity index is 734. The summed E-state index contributed by atoms with van der Waals surface area (Å²) in [6, 6.07) is 10.5. The van der Waals surface area contributed by atoms with E-state index in [4.69, 9.17) is 9.15 Å². The molecule has 1 aliphatic carbocycles. The normalized spacial score (nSPS) is 28.1. The predicted molar refractivity (Wildman–Crippen MR) is 89.9 cm³/mol. The molecular formula is C19H22N2O3. The molecule has 3 aliphatic rings. The Morgan fingerprint density at radius 1 is 1.12 bits per heavy atom. The van der Waals surface area contributed by atoms with E-state index in [1.54, 1.807) is 0 Å². The number of carbonyl (C=O) groups excluding carboxylic acids is 1. The van der Waals surface area contributed by atoms with E-state index in [0.717, 1.165) is 49.7 Å². The third kappa shape index (κ3) is 2.43. The van der Waals surface area contributed by atoms with Crippen molar-refractivity contribution in [1.82, 2.24) is 9.80 Å². The minimum Gasteiger partial charge on any atom is -0.451 e. The van der Waals surface area contributed by atoms with E-state index in [9.17, 15) is 4.79 Å². The fourth-order valence-electron chi connectivity index (χ4n) is 4.19. The van der Waals surface area contributed by atoms with E-state index in [0.29, 0.717) is 17.8 Å². The van der Waals surface area contributed by atoms with Crippen LogP contribution in [0.25, 0.3) is 11.0 Å². The summed E-state index contributed by atoms with van der Waals surface area (Å²) in [4.78, 5) is 17.4. The first-order valence-electron chi connectivity index (χ1n) is 8.91. The van der Waals surface area contributed by atoms with Crippen molar-refractivity contribution in [2.75, 3.05) is 32.8 Å². The van der Waals surface area contributed by atoms with Crippen molar-refractivity contribution < 1.29 is 13.9 Å². The minimum absolute atomic E-state index is 0.000560. The standard InChI is InChI=1S/C19H22N2O3/c22-19(18-9-14-3-1-2-4-17(14)24-18)20-7-8-21-15(10-20)11-23-12-16(21)13-5-6-13/h1-4,9,13,15-16H,5-8,10-12H2/t15-,16-/m1/s1. The second-order valence-corrected chi connectivity index (χ2v) is 7.23. The quantitative estimate of drug-likeness (QED) is 0.850. The lowest BCUT2D eigenvalue weighted by Crippen LogP contribution is -2.63. The maximum Gasteiger partial charge on any atom is 0.289 e. The highest BCUT2D eigenvalue weighted by atomic mass is 16.5. The van der Waals surface area contributed by atoms with Crippen molar-refractivity contribution in [1.29, 1.82) is 0 Å². The summed E-state index contributed by atoms with van der Waals surface area (Å²) in [6.07, 6.45) is 2.66. The van der Waals surface area contributed by atoms with Crippen molar-refractivity contribution >= 4 is 16.9 Å². The van der Waals surface area contributed by atoms with Gasteiger partial charge in [0.05, 0.1) is 19.3 Å². The fourth-order valence-corrected chi connectivity index (χ4v) is 4.19. The highest BCUT2D eigenvalue weighted by Crippen LogP contribution is 2.38. The highest BCUT2D eigenvalue weighted by molar-refractivity contribution is 5.96. The second-order valence-electron chi connectivity index (χ2n) is 7.23. The predicted octanol–water partition coefficient (Wildman–Crippen LogP) is 2.37. The van der Waals surface area contributed by atoms with Crippen LogP contribution in [0.1, 0.15) is 23.4 Å². The van der Waals surface area contributed by atoms with Gasteiger partial charge in [0, 0.05) is 31.1 Å². The lowest BCUT2D eigenvalue weighted by molar-refractivity contribution is -0.0818. The molecule has 5 rings (SSSR count). The molecule has 24 heavy (non-hydrogen) atoms. The Morgan fingerprint density at radius 2 is 2.00 bits per heavy atom. The number of rotatable bonds is 2. The van der Waals surface area contributed by atoms with Crippen LogP contribution in [0.15, 0.2) is 34.7 Å². The summed E-state index contributed by atoms with van der Waals surface area (Å²) in [7, 11) is 0. The Labute approximate surface area is 141 Å². The topological polar surface area (TPSA) is 45.9 Å². The van der Waals surface area contributed by atoms with E-state index in [-0.39, 0.29) is 5.91 Å². The first-order valence-corrected chi connectivity index (χ1v) is 8.91. The number of hydrogen-bond acceptors (Lipinski definition) is 4. The lowest BCUT2D eigenvalue weighted by Gasteiger charge is -2.48. The summed E-state index contributed by atoms with van der Waals surface area (Å²) in [5, 5.41) is 0.981. The number of amides is 1. The molecule has 1 aromatic carbocycles. The maximum atomic E-state index is 12.8. The molecule has 0 bridgehead atoms. The molecule has 0 N–H and O–H groups in total. The zero-order chi connectivity index (χ0) is 16.1. The number of benzene rings is 1. The second kappa shape index (κ2) is 5.60. The van der Waals surface area contributed by atoms with Crippen LogP contribution < -0.4 is 0 Å². The molecule has 3 fully saturated rings. The Kier molecular flexibility index (Phi) is 3.38. The van der Waals surface area contributed by atoms with Crippen LogP contribution >= 0.6 is 0 Å². The van der Waals surface area contributed by atoms with Gasteiger partial charge >= 0.3 is 0 Å². The van der Waals surface area contributed by atoms with Gasteiger partial charge in [0.15, 0.2) is 5.76 Å². The van der Waals surface area contributed by atoms with Crippen molar-refractivity contribution in [2.24, 2.45) is 5.92 Å². The number of para-hydroxylation sites is 1. The van der Waals surface area contributed by atoms with Crippen LogP contribution in [0, 0.1) is 5.92 Å². The van der Waals surface area contributed by atoms with Gasteiger partial charge in [-0.05, 0) is 30.9 Å². The van der Waals surface area contributed by atoms with Gasteiger partial charge in [0.1, 0.15) is 5.58 Å². The van der Waals surface area contributed by atoms with Crippen LogP contribution in [0.3, 0.4) is 0 Å². The van der Waals surface area contributed by atoms with Gasteiger partial charge in [0.2, 0.25) is 0 Å². The van der Waals surface area contributed by atoms with Gasteiger partial charge in [-0.1, -0.05) is 18.2 Å². The molecule has 5 heteroatoms. The van der Waals surface area contributed by atoms with Gasteiger partial charge < -0.3 is 14.1 Å². The summed E-state index contributed by atoms with van der Waals surface area (Å²) < 4.78 is 11.6. The maximum absolute atomic E-state index is 12.8. The largest absolute Gasteiger partial charge is 0.451 e. The highest BCUT2D eigenvalue weighted by Gasteiger charge is 2.43. The molecule has 1 saturated carbocycles. The first-order chi connectivity index (χ1) is 11.8. The Balaban J connectivity index is 1.33. The molecule has 2 saturated heterocycles. The number of piperazine rings is 1. The van der Waals surface area contributed by atoms with Crippen molar-refractivity contribution in [2.45, 2.75) is 24.9 Å². The average molecular weight is 326 g/mol. The molecule has 0 unspecified atom stereocenters. The van der Waals surface area contributed by atoms with Crippen LogP contribution in [0.5, 0.6) is 0 Å². The molecule has 2 aliphatic heterocycles. The van der Waals surface area contributed by atoms with Gasteiger partial charge in [-0.15, -0.1) is 0 Å². The van der Waals surface area contributed by atoms with Crippen LogP contribution in [0.2, 0.25) is 0 Å². The molecule has 2 atom stereocenters. The smallest absolute Gasteiger partial charge is 0.289 e. The number of nitrogens with zero attached hydrogens (tertiary/aromatic N) is 2. The van der Waals surface area contributed by atoms with Gasteiger partial charge in [-0.3, -0.25) is 9.69 Å². The van der Waals surface area contributed by atoms with E-state index < -0.39 is 0 Å². The summed E-state index contributed by atoms with van der Waals surface area (Å²) >= 11 is 0. The Morgan fingerprint density at radius 3 is 2.83 bits per heavy atom. The Hall–Kier alpha value is -1.85. The number of ether oxygens (including phenoxy) is 1. The first kappa shape index (κ1) is 14.5. The van der Waals surface area contributed by atoms with E-state index in [2.05, 4.69) is 4.90 Å². The zero-order valence-electron chi connectivity index (χ0n) is 13.7. The van der Waals surface area contributed by atoms with Crippen molar-refractivity contribution in [3.63, 3.8) is 0 Å². The van der Waals surface area contributed by atoms with E-state index in [1.165, 1.54) is 12.8 Å². The van der Waals surface area contributed by atoms with Crippen LogP contribution in [-0.2, 0) is 4.74 Å². The molecule has 126 valence electrons. The molecule has 5 nitrogen and oxygen atoms in total. The number of furan rings is 1. The summed E-state index contributed by atoms with van der Waals surface area (Å²) in [5.74, 6) is 1.25. The van der Waals surface area contributed by atoms with Crippen molar-refractivity contribution in [3.05, 3.63) is 36.1 Å². The molecule has 2 aromatic rings. The number of hydrogen-bond donors (Lipinski definition) is 0. The summed E-state index contributed by atoms with van der Waals surface area (Å²) in [5.41, 5.74) is 0.772. The molecule has 0 radical (unpaired) electrons. The van der Waals surface area contributed by atoms with Gasteiger partial charge in [-0.25, -0.2) is 0 Å². The van der Waals surface area contributed by atoms with E-state index in [1.807, 2.05) is 35.2 Å². The van der Waals surface area contributed by atoms with E-state index >= 15 is 0 Å². The number of carbonyl (C=O) groups is 1. The zero-order valence-corrected chi connectivity index (χ0v) is 13.7.